The SMILES string of the molecule is CCC(C)C(CS(=O)(=O)c1ccc(C(F)(F)F)cc1)NC. The first-order valence-electron chi connectivity index (χ1n) is 6.69. The molecule has 0 fully saturated rings. The van der Waals surface area contributed by atoms with Gasteiger partial charge in [-0.3, -0.25) is 0 Å². The van der Waals surface area contributed by atoms with E-state index in [2.05, 4.69) is 5.32 Å². The van der Waals surface area contributed by atoms with Gasteiger partial charge >= 0.3 is 6.18 Å². The monoisotopic (exact) mass is 323 g/mol. The Morgan fingerprint density at radius 1 is 1.19 bits per heavy atom. The number of rotatable bonds is 6. The van der Waals surface area contributed by atoms with Crippen molar-refractivity contribution >= 4 is 9.84 Å². The molecule has 0 aliphatic rings. The van der Waals surface area contributed by atoms with Crippen LogP contribution in [0.5, 0.6) is 0 Å². The zero-order chi connectivity index (χ0) is 16.3. The summed E-state index contributed by atoms with van der Waals surface area (Å²) in [6, 6.07) is 3.39. The summed E-state index contributed by atoms with van der Waals surface area (Å²) in [5.41, 5.74) is -0.853. The number of hydrogen-bond acceptors (Lipinski definition) is 3. The van der Waals surface area contributed by atoms with Crippen molar-refractivity contribution in [3.8, 4) is 0 Å². The molecule has 0 radical (unpaired) electrons. The van der Waals surface area contributed by atoms with E-state index in [1.807, 2.05) is 13.8 Å². The van der Waals surface area contributed by atoms with E-state index in [1.54, 1.807) is 7.05 Å². The van der Waals surface area contributed by atoms with Gasteiger partial charge < -0.3 is 5.32 Å². The summed E-state index contributed by atoms with van der Waals surface area (Å²) in [6.07, 6.45) is -3.65. The molecule has 2 unspecified atom stereocenters. The van der Waals surface area contributed by atoms with E-state index in [0.29, 0.717) is 0 Å². The maximum Gasteiger partial charge on any atom is 0.416 e. The van der Waals surface area contributed by atoms with Crippen LogP contribution in [-0.4, -0.2) is 27.3 Å². The maximum absolute atomic E-state index is 12.5. The molecule has 2 atom stereocenters. The number of sulfone groups is 1. The van der Waals surface area contributed by atoms with E-state index in [1.165, 1.54) is 0 Å². The van der Waals surface area contributed by atoms with Crippen molar-refractivity contribution in [1.29, 1.82) is 0 Å². The second-order valence-corrected chi connectivity index (χ2v) is 7.12. The molecule has 120 valence electrons. The summed E-state index contributed by atoms with van der Waals surface area (Å²) in [4.78, 5) is -0.0842. The van der Waals surface area contributed by atoms with Crippen molar-refractivity contribution in [1.82, 2.24) is 5.32 Å². The lowest BCUT2D eigenvalue weighted by molar-refractivity contribution is -0.137. The Morgan fingerprint density at radius 2 is 1.71 bits per heavy atom. The molecule has 1 rings (SSSR count). The van der Waals surface area contributed by atoms with Crippen molar-refractivity contribution in [2.75, 3.05) is 12.8 Å². The van der Waals surface area contributed by atoms with Gasteiger partial charge in [0.15, 0.2) is 9.84 Å². The predicted octanol–water partition coefficient (Wildman–Crippen LogP) is 3.11. The van der Waals surface area contributed by atoms with Crippen LogP contribution in [0.1, 0.15) is 25.8 Å². The van der Waals surface area contributed by atoms with Gasteiger partial charge in [-0.15, -0.1) is 0 Å². The van der Waals surface area contributed by atoms with E-state index in [9.17, 15) is 21.6 Å². The summed E-state index contributed by atoms with van der Waals surface area (Å²) in [5.74, 6) is 0.0170. The van der Waals surface area contributed by atoms with Crippen LogP contribution in [0, 0.1) is 5.92 Å². The Hall–Kier alpha value is -1.08. The summed E-state index contributed by atoms with van der Waals surface area (Å²) in [5, 5.41) is 2.96. The molecule has 0 saturated heterocycles. The first kappa shape index (κ1) is 18.0. The fourth-order valence-corrected chi connectivity index (χ4v) is 3.71. The van der Waals surface area contributed by atoms with Crippen LogP contribution < -0.4 is 5.32 Å². The smallest absolute Gasteiger partial charge is 0.316 e. The first-order chi connectivity index (χ1) is 9.61. The van der Waals surface area contributed by atoms with Crippen LogP contribution in [-0.2, 0) is 16.0 Å². The van der Waals surface area contributed by atoms with Crippen LogP contribution in [0.3, 0.4) is 0 Å². The van der Waals surface area contributed by atoms with Crippen LogP contribution >= 0.6 is 0 Å². The normalized spacial score (nSPS) is 15.7. The van der Waals surface area contributed by atoms with Gasteiger partial charge in [0, 0.05) is 6.04 Å². The topological polar surface area (TPSA) is 46.2 Å². The number of alkyl halides is 3. The molecule has 21 heavy (non-hydrogen) atoms. The summed E-state index contributed by atoms with van der Waals surface area (Å²) in [6.45, 7) is 3.89. The molecule has 0 spiro atoms. The molecule has 1 aromatic rings. The Kier molecular flexibility index (Phi) is 5.81. The fourth-order valence-electron chi connectivity index (χ4n) is 2.00. The maximum atomic E-state index is 12.5. The van der Waals surface area contributed by atoms with Gasteiger partial charge in [-0.25, -0.2) is 8.42 Å². The highest BCUT2D eigenvalue weighted by molar-refractivity contribution is 7.91. The standard InChI is InChI=1S/C14H20F3NO2S/c1-4-10(2)13(18-3)9-21(19,20)12-7-5-11(6-8-12)14(15,16)17/h5-8,10,13,18H,4,9H2,1-3H3. The Labute approximate surface area is 123 Å². The van der Waals surface area contributed by atoms with Gasteiger partial charge in [0.05, 0.1) is 16.2 Å². The Morgan fingerprint density at radius 3 is 2.10 bits per heavy atom. The Balaban J connectivity index is 2.98. The Bertz CT molecular complexity index is 553. The molecule has 0 aromatic heterocycles. The van der Waals surface area contributed by atoms with E-state index in [0.717, 1.165) is 30.7 Å². The highest BCUT2D eigenvalue weighted by atomic mass is 32.2. The van der Waals surface area contributed by atoms with Gasteiger partial charge in [-0.05, 0) is 37.2 Å². The summed E-state index contributed by atoms with van der Waals surface area (Å²) < 4.78 is 61.9. The first-order valence-corrected chi connectivity index (χ1v) is 8.34. The molecule has 0 amide bonds. The third-order valence-corrected chi connectivity index (χ3v) is 5.43. The van der Waals surface area contributed by atoms with Crippen molar-refractivity contribution in [2.45, 2.75) is 37.4 Å². The highest BCUT2D eigenvalue weighted by Gasteiger charge is 2.31. The van der Waals surface area contributed by atoms with Crippen molar-refractivity contribution in [3.05, 3.63) is 29.8 Å². The molecule has 0 aliphatic carbocycles. The minimum Gasteiger partial charge on any atom is -0.316 e. The lowest BCUT2D eigenvalue weighted by Gasteiger charge is -2.22. The van der Waals surface area contributed by atoms with E-state index >= 15 is 0 Å². The van der Waals surface area contributed by atoms with E-state index in [-0.39, 0.29) is 22.6 Å². The van der Waals surface area contributed by atoms with Crippen LogP contribution in [0.25, 0.3) is 0 Å². The minimum absolute atomic E-state index is 0.0842. The molecule has 0 heterocycles. The van der Waals surface area contributed by atoms with Gasteiger partial charge in [0.2, 0.25) is 0 Å². The second kappa shape index (κ2) is 6.79. The molecular formula is C14H20F3NO2S. The van der Waals surface area contributed by atoms with Gasteiger partial charge in [-0.2, -0.15) is 13.2 Å². The highest BCUT2D eigenvalue weighted by Crippen LogP contribution is 2.30. The predicted molar refractivity (Wildman–Crippen MR) is 75.8 cm³/mol. The average molecular weight is 323 g/mol. The van der Waals surface area contributed by atoms with Crippen molar-refractivity contribution in [3.63, 3.8) is 0 Å². The van der Waals surface area contributed by atoms with Crippen molar-refractivity contribution < 1.29 is 21.6 Å². The van der Waals surface area contributed by atoms with Crippen LogP contribution in [0.15, 0.2) is 29.2 Å². The molecule has 3 nitrogen and oxygen atoms in total. The lowest BCUT2D eigenvalue weighted by atomic mass is 10.0. The number of hydrogen-bond donors (Lipinski definition) is 1. The van der Waals surface area contributed by atoms with E-state index < -0.39 is 21.6 Å². The summed E-state index contributed by atoms with van der Waals surface area (Å²) >= 11 is 0. The number of benzene rings is 1. The van der Waals surface area contributed by atoms with Crippen molar-refractivity contribution in [2.24, 2.45) is 5.92 Å². The number of halogens is 3. The lowest BCUT2D eigenvalue weighted by Crippen LogP contribution is -2.38. The minimum atomic E-state index is -4.47. The molecular weight excluding hydrogens is 303 g/mol. The third kappa shape index (κ3) is 4.71. The largest absolute Gasteiger partial charge is 0.416 e. The van der Waals surface area contributed by atoms with Crippen LogP contribution in [0.2, 0.25) is 0 Å². The quantitative estimate of drug-likeness (QED) is 0.875. The van der Waals surface area contributed by atoms with Gasteiger partial charge in [-0.1, -0.05) is 20.3 Å². The average Bonchev–Trinajstić information content (AvgIpc) is 2.43. The molecule has 0 bridgehead atoms. The summed E-state index contributed by atoms with van der Waals surface area (Å²) in [7, 11) is -1.94. The zero-order valence-corrected chi connectivity index (χ0v) is 13.1. The molecule has 7 heteroatoms. The fraction of sp³-hybridized carbons (Fsp3) is 0.571. The third-order valence-electron chi connectivity index (χ3n) is 3.64. The van der Waals surface area contributed by atoms with Crippen LogP contribution in [0.4, 0.5) is 13.2 Å². The molecule has 1 aromatic carbocycles. The van der Waals surface area contributed by atoms with Gasteiger partial charge in [0.1, 0.15) is 0 Å². The van der Waals surface area contributed by atoms with Gasteiger partial charge in [0.25, 0.3) is 0 Å². The van der Waals surface area contributed by atoms with E-state index in [4.69, 9.17) is 0 Å². The molecule has 0 saturated carbocycles. The number of nitrogens with one attached hydrogen (secondary N) is 1. The molecule has 1 N–H and O–H groups in total. The zero-order valence-electron chi connectivity index (χ0n) is 12.2. The molecule has 0 aliphatic heterocycles. The second-order valence-electron chi connectivity index (χ2n) is 5.08.